The van der Waals surface area contributed by atoms with Gasteiger partial charge in [-0.05, 0) is 6.42 Å². The van der Waals surface area contributed by atoms with Gasteiger partial charge >= 0.3 is 0 Å². The first-order chi connectivity index (χ1) is 6.27. The molecule has 0 bridgehead atoms. The summed E-state index contributed by atoms with van der Waals surface area (Å²) in [6.45, 7) is 1.89. The van der Waals surface area contributed by atoms with E-state index < -0.39 is 0 Å². The first-order valence-electron chi connectivity index (χ1n) is 4.21. The van der Waals surface area contributed by atoms with Gasteiger partial charge in [-0.2, -0.15) is 5.26 Å². The van der Waals surface area contributed by atoms with E-state index in [1.54, 1.807) is 23.5 Å². The first-order valence-corrected chi connectivity index (χ1v) is 6.31. The normalized spacial score (nSPS) is 19.4. The van der Waals surface area contributed by atoms with Gasteiger partial charge in [0.15, 0.2) is 0 Å². The maximum absolute atomic E-state index is 11.5. The standard InChI is InChI=1S/C8H12N2OS2/c1-2-6(5-9)10-7(11)8-12-3-4-13-8/h6,8H,2-4H2,1H3,(H,10,11)/t6-/m0/s1. The minimum absolute atomic E-state index is 0.000833. The molecule has 13 heavy (non-hydrogen) atoms. The number of nitrogens with one attached hydrogen (secondary N) is 1. The predicted molar refractivity (Wildman–Crippen MR) is 56.5 cm³/mol. The summed E-state index contributed by atoms with van der Waals surface area (Å²) < 4.78 is 0.00222. The Morgan fingerprint density at radius 2 is 2.31 bits per heavy atom. The van der Waals surface area contributed by atoms with E-state index in [4.69, 9.17) is 5.26 Å². The highest BCUT2D eigenvalue weighted by Crippen LogP contribution is 2.31. The van der Waals surface area contributed by atoms with Crippen molar-refractivity contribution in [2.45, 2.75) is 24.0 Å². The summed E-state index contributed by atoms with van der Waals surface area (Å²) >= 11 is 3.31. The number of amides is 1. The SMILES string of the molecule is CC[C@@H](C#N)NC(=O)C1SCCS1. The van der Waals surface area contributed by atoms with Crippen LogP contribution >= 0.6 is 23.5 Å². The Kier molecular flexibility index (Phi) is 4.46. The Hall–Kier alpha value is -0.340. The van der Waals surface area contributed by atoms with Gasteiger partial charge in [0.2, 0.25) is 5.91 Å². The highest BCUT2D eigenvalue weighted by Gasteiger charge is 2.25. The summed E-state index contributed by atoms with van der Waals surface area (Å²) in [5, 5.41) is 11.4. The van der Waals surface area contributed by atoms with Gasteiger partial charge < -0.3 is 5.32 Å². The molecule has 1 aliphatic rings. The molecule has 1 amide bonds. The van der Waals surface area contributed by atoms with Gasteiger partial charge in [0.25, 0.3) is 0 Å². The van der Waals surface area contributed by atoms with Crippen molar-refractivity contribution in [3.63, 3.8) is 0 Å². The van der Waals surface area contributed by atoms with Crippen molar-refractivity contribution < 1.29 is 4.79 Å². The second-order valence-corrected chi connectivity index (χ2v) is 5.40. The first kappa shape index (κ1) is 10.7. The van der Waals surface area contributed by atoms with E-state index >= 15 is 0 Å². The summed E-state index contributed by atoms with van der Waals surface area (Å²) in [6, 6.07) is 1.73. The number of hydrogen-bond acceptors (Lipinski definition) is 4. The molecule has 72 valence electrons. The molecule has 0 unspecified atom stereocenters. The number of carbonyl (C=O) groups is 1. The molecule has 1 atom stereocenters. The Labute approximate surface area is 86.6 Å². The highest BCUT2D eigenvalue weighted by molar-refractivity contribution is 8.21. The van der Waals surface area contributed by atoms with Crippen LogP contribution in [-0.2, 0) is 4.79 Å². The molecule has 1 saturated heterocycles. The van der Waals surface area contributed by atoms with Crippen LogP contribution in [-0.4, -0.2) is 28.0 Å². The van der Waals surface area contributed by atoms with Crippen molar-refractivity contribution in [1.82, 2.24) is 5.32 Å². The van der Waals surface area contributed by atoms with Gasteiger partial charge in [-0.15, -0.1) is 23.5 Å². The molecular formula is C8H12N2OS2. The zero-order chi connectivity index (χ0) is 9.68. The average Bonchev–Trinajstić information content (AvgIpc) is 2.66. The van der Waals surface area contributed by atoms with E-state index in [0.717, 1.165) is 11.5 Å². The van der Waals surface area contributed by atoms with Crippen LogP contribution < -0.4 is 5.32 Å². The molecule has 0 radical (unpaired) electrons. The van der Waals surface area contributed by atoms with Gasteiger partial charge in [0.05, 0.1) is 6.07 Å². The van der Waals surface area contributed by atoms with Crippen molar-refractivity contribution >= 4 is 29.4 Å². The molecule has 1 heterocycles. The van der Waals surface area contributed by atoms with Crippen LogP contribution in [0.15, 0.2) is 0 Å². The van der Waals surface area contributed by atoms with Crippen molar-refractivity contribution in [3.8, 4) is 6.07 Å². The third-order valence-corrected chi connectivity index (χ3v) is 4.70. The predicted octanol–water partition coefficient (Wildman–Crippen LogP) is 1.21. The molecule has 0 aromatic rings. The highest BCUT2D eigenvalue weighted by atomic mass is 32.2. The molecule has 1 N–H and O–H groups in total. The lowest BCUT2D eigenvalue weighted by atomic mass is 10.2. The van der Waals surface area contributed by atoms with E-state index in [2.05, 4.69) is 11.4 Å². The van der Waals surface area contributed by atoms with Gasteiger partial charge in [-0.25, -0.2) is 0 Å². The van der Waals surface area contributed by atoms with Crippen LogP contribution in [0.3, 0.4) is 0 Å². The fraction of sp³-hybridized carbons (Fsp3) is 0.750. The van der Waals surface area contributed by atoms with Crippen LogP contribution in [0.2, 0.25) is 0 Å². The molecule has 3 nitrogen and oxygen atoms in total. The third kappa shape index (κ3) is 3.12. The number of thioether (sulfide) groups is 2. The number of hydrogen-bond donors (Lipinski definition) is 1. The molecule has 1 aliphatic heterocycles. The monoisotopic (exact) mass is 216 g/mol. The molecule has 0 aromatic heterocycles. The number of nitriles is 1. The maximum Gasteiger partial charge on any atom is 0.244 e. The number of rotatable bonds is 3. The van der Waals surface area contributed by atoms with Crippen LogP contribution in [0.5, 0.6) is 0 Å². The van der Waals surface area contributed by atoms with Gasteiger partial charge in [-0.3, -0.25) is 4.79 Å². The van der Waals surface area contributed by atoms with E-state index in [9.17, 15) is 4.79 Å². The van der Waals surface area contributed by atoms with Crippen molar-refractivity contribution in [1.29, 1.82) is 5.26 Å². The average molecular weight is 216 g/mol. The summed E-state index contributed by atoms with van der Waals surface area (Å²) in [7, 11) is 0. The van der Waals surface area contributed by atoms with Gasteiger partial charge in [-0.1, -0.05) is 6.92 Å². The van der Waals surface area contributed by atoms with Crippen molar-refractivity contribution in [2.75, 3.05) is 11.5 Å². The summed E-state index contributed by atoms with van der Waals surface area (Å²) in [5.74, 6) is 2.07. The maximum atomic E-state index is 11.5. The smallest absolute Gasteiger partial charge is 0.244 e. The lowest BCUT2D eigenvalue weighted by Crippen LogP contribution is -2.37. The van der Waals surface area contributed by atoms with Crippen LogP contribution in [0.25, 0.3) is 0 Å². The van der Waals surface area contributed by atoms with Crippen molar-refractivity contribution in [3.05, 3.63) is 0 Å². The fourth-order valence-corrected chi connectivity index (χ4v) is 3.57. The molecule has 1 fully saturated rings. The molecule has 0 aromatic carbocycles. The Morgan fingerprint density at radius 3 is 2.77 bits per heavy atom. The molecule has 0 aliphatic carbocycles. The summed E-state index contributed by atoms with van der Waals surface area (Å²) in [4.78, 5) is 11.5. The minimum atomic E-state index is -0.325. The molecular weight excluding hydrogens is 204 g/mol. The Bertz CT molecular complexity index is 221. The van der Waals surface area contributed by atoms with Crippen molar-refractivity contribution in [2.24, 2.45) is 0 Å². The van der Waals surface area contributed by atoms with E-state index in [-0.39, 0.29) is 16.5 Å². The zero-order valence-corrected chi connectivity index (χ0v) is 9.08. The zero-order valence-electron chi connectivity index (χ0n) is 7.45. The Morgan fingerprint density at radius 1 is 1.69 bits per heavy atom. The van der Waals surface area contributed by atoms with Crippen LogP contribution in [0, 0.1) is 11.3 Å². The second-order valence-electron chi connectivity index (χ2n) is 2.67. The topological polar surface area (TPSA) is 52.9 Å². The largest absolute Gasteiger partial charge is 0.339 e. The molecule has 0 spiro atoms. The second kappa shape index (κ2) is 5.40. The fourth-order valence-electron chi connectivity index (χ4n) is 0.975. The van der Waals surface area contributed by atoms with Crippen LogP contribution in [0.4, 0.5) is 0 Å². The van der Waals surface area contributed by atoms with E-state index in [1.807, 2.05) is 6.92 Å². The van der Waals surface area contributed by atoms with E-state index in [0.29, 0.717) is 6.42 Å². The quantitative estimate of drug-likeness (QED) is 0.770. The van der Waals surface area contributed by atoms with Crippen LogP contribution in [0.1, 0.15) is 13.3 Å². The minimum Gasteiger partial charge on any atom is -0.339 e. The van der Waals surface area contributed by atoms with Gasteiger partial charge in [0, 0.05) is 11.5 Å². The molecule has 5 heteroatoms. The lowest BCUT2D eigenvalue weighted by molar-refractivity contribution is -0.119. The lowest BCUT2D eigenvalue weighted by Gasteiger charge is -2.12. The molecule has 0 saturated carbocycles. The third-order valence-electron chi connectivity index (χ3n) is 1.72. The Balaban J connectivity index is 2.35. The number of nitrogens with zero attached hydrogens (tertiary/aromatic N) is 1. The summed E-state index contributed by atoms with van der Waals surface area (Å²) in [5.41, 5.74) is 0. The van der Waals surface area contributed by atoms with Gasteiger partial charge in [0.1, 0.15) is 10.6 Å². The van der Waals surface area contributed by atoms with E-state index in [1.165, 1.54) is 0 Å². The molecule has 1 rings (SSSR count). The number of carbonyl (C=O) groups excluding carboxylic acids is 1. The summed E-state index contributed by atoms with van der Waals surface area (Å²) in [6.07, 6.45) is 0.671.